The van der Waals surface area contributed by atoms with Gasteiger partial charge in [-0.3, -0.25) is 0 Å². The molecule has 0 aromatic heterocycles. The van der Waals surface area contributed by atoms with Crippen LogP contribution in [0.25, 0.3) is 0 Å². The molecule has 164 valence electrons. The van der Waals surface area contributed by atoms with Crippen LogP contribution in [0, 0.1) is 28.6 Å². The van der Waals surface area contributed by atoms with E-state index in [-0.39, 0.29) is 16.5 Å². The van der Waals surface area contributed by atoms with Gasteiger partial charge in [-0.2, -0.15) is 0 Å². The Morgan fingerprint density at radius 1 is 0.964 bits per heavy atom. The molecule has 0 aromatic rings. The zero-order valence-corrected chi connectivity index (χ0v) is 19.5. The second kappa shape index (κ2) is 8.19. The molecule has 0 amide bonds. The first-order valence-corrected chi connectivity index (χ1v) is 12.3. The molecular weight excluding hydrogens is 344 g/mol. The zero-order chi connectivity index (χ0) is 20.6. The second-order valence-electron chi connectivity index (χ2n) is 11.2. The number of rotatable bonds is 7. The van der Waals surface area contributed by atoms with Gasteiger partial charge >= 0.3 is 0 Å². The second-order valence-corrected chi connectivity index (χ2v) is 11.2. The maximum atomic E-state index is 7.57. The molecule has 3 saturated carbocycles. The lowest BCUT2D eigenvalue weighted by molar-refractivity contribution is -0.168. The fourth-order valence-corrected chi connectivity index (χ4v) is 8.57. The van der Waals surface area contributed by atoms with Gasteiger partial charge in [-0.15, -0.1) is 0 Å². The normalized spacial score (nSPS) is 48.8. The van der Waals surface area contributed by atoms with Gasteiger partial charge in [0, 0.05) is 24.8 Å². The molecule has 0 aliphatic heterocycles. The average Bonchev–Trinajstić information content (AvgIpc) is 2.67. The lowest BCUT2D eigenvalue weighted by Crippen LogP contribution is -2.83. The Hall–Kier alpha value is -0.120. The third-order valence-corrected chi connectivity index (χ3v) is 10.1. The largest absolute Gasteiger partial charge is 0.385 e. The highest BCUT2D eigenvalue weighted by atomic mass is 16.5. The van der Waals surface area contributed by atoms with E-state index in [0.29, 0.717) is 11.3 Å². The maximum absolute atomic E-state index is 7.57. The fourth-order valence-electron chi connectivity index (χ4n) is 8.57. The molecule has 0 aromatic carbocycles. The predicted octanol–water partition coefficient (Wildman–Crippen LogP) is 5.65. The van der Waals surface area contributed by atoms with E-state index >= 15 is 0 Å². The van der Waals surface area contributed by atoms with Crippen molar-refractivity contribution in [1.29, 1.82) is 0 Å². The van der Waals surface area contributed by atoms with E-state index in [1.165, 1.54) is 51.4 Å². The Balaban J connectivity index is 1.95. The molecule has 3 rings (SSSR count). The van der Waals surface area contributed by atoms with E-state index in [0.717, 1.165) is 44.1 Å². The van der Waals surface area contributed by atoms with Crippen LogP contribution in [0.5, 0.6) is 0 Å². The molecule has 5 unspecified atom stereocenters. The first-order chi connectivity index (χ1) is 13.2. The van der Waals surface area contributed by atoms with E-state index in [9.17, 15) is 0 Å². The van der Waals surface area contributed by atoms with Crippen molar-refractivity contribution in [3.05, 3.63) is 0 Å². The molecule has 0 radical (unpaired) electrons. The van der Waals surface area contributed by atoms with Crippen molar-refractivity contribution >= 4 is 0 Å². The van der Waals surface area contributed by atoms with Crippen molar-refractivity contribution in [3.63, 3.8) is 0 Å². The molecular formula is C25H48N2O. The minimum atomic E-state index is -0.223. The molecule has 3 nitrogen and oxygen atoms in total. The lowest BCUT2D eigenvalue weighted by Gasteiger charge is -2.72. The number of hydrogen-bond acceptors (Lipinski definition) is 3. The van der Waals surface area contributed by atoms with Crippen LogP contribution in [0.4, 0.5) is 0 Å². The van der Waals surface area contributed by atoms with Crippen molar-refractivity contribution in [3.8, 4) is 0 Å². The van der Waals surface area contributed by atoms with Crippen LogP contribution in [-0.2, 0) is 4.74 Å². The summed E-state index contributed by atoms with van der Waals surface area (Å²) in [4.78, 5) is 0. The van der Waals surface area contributed by atoms with Crippen molar-refractivity contribution < 1.29 is 4.74 Å². The van der Waals surface area contributed by atoms with Gasteiger partial charge in [0.15, 0.2) is 0 Å². The van der Waals surface area contributed by atoms with Crippen molar-refractivity contribution in [2.24, 2.45) is 40.1 Å². The van der Waals surface area contributed by atoms with Crippen molar-refractivity contribution in [2.45, 2.75) is 116 Å². The molecule has 0 heterocycles. The van der Waals surface area contributed by atoms with Crippen LogP contribution in [0.1, 0.15) is 105 Å². The number of fused-ring (bicyclic) bond motifs is 3. The van der Waals surface area contributed by atoms with Gasteiger partial charge < -0.3 is 16.2 Å². The molecule has 0 spiro atoms. The summed E-state index contributed by atoms with van der Waals surface area (Å²) in [5, 5.41) is 0. The molecule has 0 bridgehead atoms. The number of hydrogen-bond donors (Lipinski definition) is 2. The van der Waals surface area contributed by atoms with Crippen LogP contribution < -0.4 is 11.5 Å². The SMILES string of the molecule is CCC1C(C)(CCCCOC)CC[C@]2(N)C3(C)CCCCC3[C@@H](CC)CC12N. The smallest absolute Gasteiger partial charge is 0.0462 e. The van der Waals surface area contributed by atoms with Gasteiger partial charge in [0.25, 0.3) is 0 Å². The zero-order valence-electron chi connectivity index (χ0n) is 19.5. The first-order valence-electron chi connectivity index (χ1n) is 12.3. The van der Waals surface area contributed by atoms with Crippen LogP contribution in [0.2, 0.25) is 0 Å². The van der Waals surface area contributed by atoms with Gasteiger partial charge in [-0.25, -0.2) is 0 Å². The van der Waals surface area contributed by atoms with Crippen molar-refractivity contribution in [2.75, 3.05) is 13.7 Å². The third kappa shape index (κ3) is 3.19. The number of unbranched alkanes of at least 4 members (excludes halogenated alkanes) is 1. The summed E-state index contributed by atoms with van der Waals surface area (Å²) in [5.74, 6) is 2.04. The van der Waals surface area contributed by atoms with E-state index < -0.39 is 0 Å². The number of nitrogens with two attached hydrogens (primary N) is 2. The Morgan fingerprint density at radius 3 is 2.36 bits per heavy atom. The number of methoxy groups -OCH3 is 1. The summed E-state index contributed by atoms with van der Waals surface area (Å²) in [6.07, 6.45) is 15.0. The van der Waals surface area contributed by atoms with Gasteiger partial charge in [0.05, 0.1) is 0 Å². The van der Waals surface area contributed by atoms with Crippen LogP contribution in [0.15, 0.2) is 0 Å². The predicted molar refractivity (Wildman–Crippen MR) is 119 cm³/mol. The monoisotopic (exact) mass is 392 g/mol. The van der Waals surface area contributed by atoms with Gasteiger partial charge in [-0.1, -0.05) is 59.8 Å². The molecule has 28 heavy (non-hydrogen) atoms. The van der Waals surface area contributed by atoms with Crippen LogP contribution >= 0.6 is 0 Å². The molecule has 3 aliphatic rings. The van der Waals surface area contributed by atoms with E-state index in [2.05, 4.69) is 27.7 Å². The highest BCUT2D eigenvalue weighted by Crippen LogP contribution is 2.67. The van der Waals surface area contributed by atoms with E-state index in [1.807, 2.05) is 7.11 Å². The summed E-state index contributed by atoms with van der Waals surface area (Å²) < 4.78 is 5.30. The Morgan fingerprint density at radius 2 is 1.71 bits per heavy atom. The van der Waals surface area contributed by atoms with Crippen molar-refractivity contribution in [1.82, 2.24) is 0 Å². The summed E-state index contributed by atoms with van der Waals surface area (Å²) in [6.45, 7) is 10.7. The highest BCUT2D eigenvalue weighted by molar-refractivity contribution is 5.27. The summed E-state index contributed by atoms with van der Waals surface area (Å²) >= 11 is 0. The fraction of sp³-hybridized carbons (Fsp3) is 1.00. The minimum Gasteiger partial charge on any atom is -0.385 e. The quantitative estimate of drug-likeness (QED) is 0.550. The van der Waals surface area contributed by atoms with Gasteiger partial charge in [0.2, 0.25) is 0 Å². The summed E-state index contributed by atoms with van der Waals surface area (Å²) in [5.41, 5.74) is 15.2. The standard InChI is InChI=1S/C25H48N2O/c1-6-19-18-24(26)21(7-2)22(3,13-10-11-17-28-5)15-16-25(24,27)23(4)14-9-8-12-20(19)23/h19-21H,6-18,26-27H2,1-5H3/t19-,20?,21?,22?,23?,24?,25-/m0/s1. The first kappa shape index (κ1) is 22.6. The third-order valence-electron chi connectivity index (χ3n) is 10.1. The van der Waals surface area contributed by atoms with Crippen LogP contribution in [-0.4, -0.2) is 24.8 Å². The van der Waals surface area contributed by atoms with Crippen LogP contribution in [0.3, 0.4) is 0 Å². The van der Waals surface area contributed by atoms with E-state index in [4.69, 9.17) is 16.2 Å². The highest BCUT2D eigenvalue weighted by Gasteiger charge is 2.70. The molecule has 4 N–H and O–H groups in total. The summed E-state index contributed by atoms with van der Waals surface area (Å²) in [6, 6.07) is 0. The van der Waals surface area contributed by atoms with E-state index in [1.54, 1.807) is 0 Å². The van der Waals surface area contributed by atoms with Gasteiger partial charge in [0.1, 0.15) is 0 Å². The Bertz CT molecular complexity index is 539. The molecule has 3 aliphatic carbocycles. The average molecular weight is 393 g/mol. The Kier molecular flexibility index (Phi) is 6.60. The molecule has 3 fully saturated rings. The topological polar surface area (TPSA) is 61.3 Å². The van der Waals surface area contributed by atoms with Gasteiger partial charge in [-0.05, 0) is 73.5 Å². The minimum absolute atomic E-state index is 0.205. The number of ether oxygens (including phenoxy) is 1. The molecule has 0 saturated heterocycles. The lowest BCUT2D eigenvalue weighted by atomic mass is 9.36. The Labute approximate surface area is 174 Å². The molecule has 7 atom stereocenters. The summed E-state index contributed by atoms with van der Waals surface area (Å²) in [7, 11) is 1.81. The molecule has 3 heteroatoms. The maximum Gasteiger partial charge on any atom is 0.0462 e.